The van der Waals surface area contributed by atoms with E-state index < -0.39 is 63.6 Å². The van der Waals surface area contributed by atoms with Gasteiger partial charge in [0.25, 0.3) is 11.8 Å². The van der Waals surface area contributed by atoms with Gasteiger partial charge in [0.05, 0.1) is 29.3 Å². The number of rotatable bonds is 12. The van der Waals surface area contributed by atoms with Crippen molar-refractivity contribution in [3.05, 3.63) is 99.1 Å². The first-order chi connectivity index (χ1) is 39.8. The summed E-state index contributed by atoms with van der Waals surface area (Å²) in [5, 5.41) is 0.457. The van der Waals surface area contributed by atoms with Gasteiger partial charge in [0, 0.05) is 65.8 Å². The number of allylic oxidation sites excluding steroid dienone is 1. The fraction of sp³-hybridized carbons (Fsp3) is 0.500. The van der Waals surface area contributed by atoms with Gasteiger partial charge in [0.15, 0.2) is 38.2 Å². The van der Waals surface area contributed by atoms with Crippen LogP contribution in [0.15, 0.2) is 69.3 Å². The van der Waals surface area contributed by atoms with Crippen LogP contribution in [0.1, 0.15) is 82.5 Å². The molecule has 0 radical (unpaired) electrons. The third-order valence-corrected chi connectivity index (χ3v) is 19.4. The topological polar surface area (TPSA) is 219 Å². The number of halogens is 5. The van der Waals surface area contributed by atoms with Crippen LogP contribution < -0.4 is 24.7 Å². The van der Waals surface area contributed by atoms with E-state index in [1.54, 1.807) is 75.1 Å². The SMILES string of the molecule is Brc1ncc2c(n1)OCCO2.C/C(F)=C/c1ccc(F)c([C@@]2(C)N=C(N(COCC[Si](C)(C)C)C(=O)OC(C)(C)C)S[C@@]3(C(=O)N(C)C)C[C@H]32)c1.CN(C)C(=O)[C@]12C[C@H]1[C@@](C)(c1cc(/C=C(\F)c3ncc4c(n3)OCCO4)ccc1F)N=C(N)S2. The van der Waals surface area contributed by atoms with Gasteiger partial charge in [-0.3, -0.25) is 19.6 Å². The fourth-order valence-corrected chi connectivity index (χ4v) is 14.4. The van der Waals surface area contributed by atoms with Crippen molar-refractivity contribution in [2.24, 2.45) is 27.6 Å². The molecule has 19 nitrogen and oxygen atoms in total. The Balaban J connectivity index is 0.000000188. The van der Waals surface area contributed by atoms with Gasteiger partial charge in [-0.2, -0.15) is 9.97 Å². The van der Waals surface area contributed by atoms with Crippen molar-refractivity contribution >= 4 is 93.7 Å². The molecule has 4 aromatic rings. The highest BCUT2D eigenvalue weighted by molar-refractivity contribution is 9.10. The molecule has 10 rings (SSSR count). The van der Waals surface area contributed by atoms with Gasteiger partial charge >= 0.3 is 6.09 Å². The summed E-state index contributed by atoms with van der Waals surface area (Å²) >= 11 is 5.57. The van der Waals surface area contributed by atoms with Crippen LogP contribution in [0, 0.1) is 23.5 Å². The van der Waals surface area contributed by atoms with Crippen LogP contribution in [-0.4, -0.2) is 154 Å². The lowest BCUT2D eigenvalue weighted by molar-refractivity contribution is -0.130. The monoisotopic (exact) mass is 1300 g/mol. The minimum absolute atomic E-state index is 0.0789. The van der Waals surface area contributed by atoms with Crippen LogP contribution >= 0.6 is 39.5 Å². The van der Waals surface area contributed by atoms with Gasteiger partial charge in [-0.15, -0.1) is 0 Å². The van der Waals surface area contributed by atoms with Gasteiger partial charge in [-0.05, 0) is 124 Å². The van der Waals surface area contributed by atoms with Crippen molar-refractivity contribution in [3.8, 4) is 23.3 Å². The molecule has 6 atom stereocenters. The number of hydrogen-bond acceptors (Lipinski definition) is 18. The van der Waals surface area contributed by atoms with Crippen LogP contribution in [0.25, 0.3) is 18.0 Å². The number of aromatic nitrogens is 4. The smallest absolute Gasteiger partial charge is 0.418 e. The molecule has 0 spiro atoms. The molecule has 0 bridgehead atoms. The predicted molar refractivity (Wildman–Crippen MR) is 325 cm³/mol. The molecule has 6 aliphatic rings. The highest BCUT2D eigenvalue weighted by atomic mass is 79.9. The molecular weight excluding hydrogens is 1230 g/mol. The molecule has 458 valence electrons. The number of thioether (sulfide) groups is 2. The summed E-state index contributed by atoms with van der Waals surface area (Å²) < 4.78 is 90.9. The number of carbonyl (C=O) groups excluding carboxylic acids is 3. The second kappa shape index (κ2) is 25.2. The normalized spacial score (nSPS) is 24.5. The van der Waals surface area contributed by atoms with E-state index in [-0.39, 0.29) is 63.5 Å². The van der Waals surface area contributed by atoms with E-state index in [0.29, 0.717) is 79.1 Å². The van der Waals surface area contributed by atoms with Gasteiger partial charge in [0.2, 0.25) is 11.8 Å². The Morgan fingerprint density at radius 2 is 1.28 bits per heavy atom. The summed E-state index contributed by atoms with van der Waals surface area (Å²) in [5.41, 5.74) is 4.40. The van der Waals surface area contributed by atoms with Crippen LogP contribution in [0.4, 0.5) is 22.4 Å². The van der Waals surface area contributed by atoms with Crippen LogP contribution in [0.5, 0.6) is 23.3 Å². The standard InChI is InChI=1S/C29H43F2N3O4SSi.C23H23F2N5O3S.C6H5BrN2O2/c1-19(30)15-20-11-12-22(31)21(16-20)28(5)23-17-29(23,24(35)33(6)7)39-25(32-28)34(26(36)38-27(2,3)4)18-37-13-14-40(8,9)10;1-22(17-10-23(17,20(31)30(2)3)34-21(26)29-22)13-8-12(4-5-14(13)24)9-15(25)18-27-11-16-19(28-18)33-7-6-32-16;7-6-8-3-4-5(9-6)11-2-1-10-4/h11-12,15-16,23H,13-14,17-18H2,1-10H3;4-5,8-9,11,17H,6-7,10H2,1-3H3,(H2,26,29);3H,1-2H2/b19-15-;15-9-;/t23-,28+,29-;17-,22+,23-;/m00./s1. The number of aliphatic imine (C=N–C) groups is 2. The van der Waals surface area contributed by atoms with E-state index in [0.717, 1.165) is 6.04 Å². The Bertz CT molecular complexity index is 3370. The highest BCUT2D eigenvalue weighted by Crippen LogP contribution is 2.68. The third-order valence-electron chi connectivity index (χ3n) is 14.5. The van der Waals surface area contributed by atoms with Gasteiger partial charge in [-0.25, -0.2) is 37.2 Å². The maximum atomic E-state index is 15.5. The Kier molecular flexibility index (Phi) is 19.2. The van der Waals surface area contributed by atoms with E-state index in [2.05, 4.69) is 60.5 Å². The number of hydrogen-bond donors (Lipinski definition) is 1. The second-order valence-corrected chi connectivity index (χ2v) is 33.0. The third kappa shape index (κ3) is 14.6. The van der Waals surface area contributed by atoms with Crippen molar-refractivity contribution in [2.45, 2.75) is 106 Å². The molecule has 2 fully saturated rings. The van der Waals surface area contributed by atoms with Crippen LogP contribution in [0.3, 0.4) is 0 Å². The molecular formula is C58H71BrF4N10O9S2Si. The Hall–Kier alpha value is -6.29. The summed E-state index contributed by atoms with van der Waals surface area (Å²) in [6.07, 6.45) is 5.78. The highest BCUT2D eigenvalue weighted by Gasteiger charge is 2.72. The maximum Gasteiger partial charge on any atom is 0.418 e. The zero-order valence-electron chi connectivity index (χ0n) is 49.8. The van der Waals surface area contributed by atoms with E-state index >= 15 is 13.2 Å². The lowest BCUT2D eigenvalue weighted by atomic mass is 9.84. The van der Waals surface area contributed by atoms with Crippen molar-refractivity contribution in [3.63, 3.8) is 0 Å². The number of benzene rings is 2. The van der Waals surface area contributed by atoms with Crippen LogP contribution in [-0.2, 0) is 30.1 Å². The molecule has 2 aliphatic carbocycles. The number of amides is 3. The lowest BCUT2D eigenvalue weighted by Gasteiger charge is -2.38. The first-order valence-electron chi connectivity index (χ1n) is 27.4. The minimum Gasteiger partial charge on any atom is -0.483 e. The van der Waals surface area contributed by atoms with Gasteiger partial charge in [0.1, 0.15) is 59.9 Å². The fourth-order valence-electron chi connectivity index (χ4n) is 10.2. The van der Waals surface area contributed by atoms with Gasteiger partial charge in [-0.1, -0.05) is 55.3 Å². The number of ether oxygens (including phenoxy) is 6. The summed E-state index contributed by atoms with van der Waals surface area (Å²) in [6.45, 7) is 19.0. The van der Waals surface area contributed by atoms with E-state index in [4.69, 9.17) is 39.1 Å². The molecule has 2 saturated carbocycles. The summed E-state index contributed by atoms with van der Waals surface area (Å²) in [6, 6.07) is 9.50. The lowest BCUT2D eigenvalue weighted by Crippen LogP contribution is -2.48. The van der Waals surface area contributed by atoms with Crippen molar-refractivity contribution in [2.75, 3.05) is 68.0 Å². The number of amidine groups is 2. The average molecular weight is 1300 g/mol. The molecule has 4 aliphatic heterocycles. The van der Waals surface area contributed by atoms with Gasteiger partial charge < -0.3 is 44.0 Å². The van der Waals surface area contributed by atoms with Crippen molar-refractivity contribution < 1.29 is 60.4 Å². The summed E-state index contributed by atoms with van der Waals surface area (Å²) in [4.78, 5) is 69.7. The second-order valence-electron chi connectivity index (χ2n) is 24.1. The predicted octanol–water partition coefficient (Wildman–Crippen LogP) is 10.9. The van der Waals surface area contributed by atoms with Crippen LogP contribution in [0.2, 0.25) is 25.7 Å². The van der Waals surface area contributed by atoms with Crippen molar-refractivity contribution in [1.29, 1.82) is 0 Å². The summed E-state index contributed by atoms with van der Waals surface area (Å²) in [7, 11) is 5.33. The maximum absolute atomic E-state index is 15.5. The zero-order valence-corrected chi connectivity index (χ0v) is 54.0. The first-order valence-corrected chi connectivity index (χ1v) is 33.5. The quantitative estimate of drug-likeness (QED) is 0.0458. The number of nitrogens with two attached hydrogens (primary N) is 1. The zero-order chi connectivity index (χ0) is 62.2. The molecule has 6 heterocycles. The van der Waals surface area contributed by atoms with Crippen molar-refractivity contribution in [1.82, 2.24) is 34.6 Å². The average Bonchev–Trinajstić information content (AvgIpc) is 1.94. The number of fused-ring (bicyclic) bond motifs is 4. The molecule has 27 heteroatoms. The molecule has 2 N–H and O–H groups in total. The molecule has 0 unspecified atom stereocenters. The number of nitrogens with zero attached hydrogens (tertiary/aromatic N) is 9. The van der Waals surface area contributed by atoms with E-state index in [1.807, 2.05) is 0 Å². The van der Waals surface area contributed by atoms with E-state index in [9.17, 15) is 18.8 Å². The first kappa shape index (κ1) is 64.7. The Morgan fingerprint density at radius 3 is 1.81 bits per heavy atom. The molecule has 2 aromatic heterocycles. The Labute approximate surface area is 510 Å². The summed E-state index contributed by atoms with van der Waals surface area (Å²) in [5.74, 6) is -1.47. The van der Waals surface area contributed by atoms with E-state index in [1.165, 1.54) is 93.8 Å². The number of carbonyl (C=O) groups is 3. The molecule has 3 amide bonds. The largest absolute Gasteiger partial charge is 0.483 e. The minimum atomic E-state index is -1.39. The molecule has 0 saturated heterocycles. The molecule has 2 aromatic carbocycles. The molecule has 85 heavy (non-hydrogen) atoms. The Morgan fingerprint density at radius 1 is 0.776 bits per heavy atom.